The van der Waals surface area contributed by atoms with Gasteiger partial charge in [0, 0.05) is 23.2 Å². The maximum absolute atomic E-state index is 11.9. The zero-order chi connectivity index (χ0) is 13.0. The molecule has 0 aliphatic heterocycles. The summed E-state index contributed by atoms with van der Waals surface area (Å²) in [6, 6.07) is 2.95. The minimum Gasteiger partial charge on any atom is -0.305 e. The lowest BCUT2D eigenvalue weighted by Crippen LogP contribution is -2.29. The second-order valence-electron chi connectivity index (χ2n) is 4.56. The Bertz CT molecular complexity index is 451. The van der Waals surface area contributed by atoms with Crippen molar-refractivity contribution in [2.75, 3.05) is 0 Å². The standard InChI is InChI=1S/C13H18BrNO2/c1-4-12(16)11(7-9(2)3)15-6-5-10(14)8-13(15)17/h5-6,8-9,11H,4,7H2,1-3H3. The predicted molar refractivity (Wildman–Crippen MR) is 72.2 cm³/mol. The SMILES string of the molecule is CCC(=O)C(CC(C)C)n1ccc(Br)cc1=O. The molecule has 3 nitrogen and oxygen atoms in total. The quantitative estimate of drug-likeness (QED) is 0.838. The van der Waals surface area contributed by atoms with Crippen LogP contribution < -0.4 is 5.56 Å². The molecule has 1 aromatic rings. The maximum Gasteiger partial charge on any atom is 0.252 e. The molecular formula is C13H18BrNO2. The van der Waals surface area contributed by atoms with Gasteiger partial charge in [-0.2, -0.15) is 0 Å². The number of carbonyl (C=O) groups is 1. The maximum atomic E-state index is 11.9. The summed E-state index contributed by atoms with van der Waals surface area (Å²) < 4.78 is 2.28. The van der Waals surface area contributed by atoms with Gasteiger partial charge < -0.3 is 4.57 Å². The molecule has 0 aliphatic carbocycles. The van der Waals surface area contributed by atoms with E-state index in [0.717, 1.165) is 4.47 Å². The molecule has 0 amide bonds. The van der Waals surface area contributed by atoms with Gasteiger partial charge in [0.05, 0.1) is 6.04 Å². The van der Waals surface area contributed by atoms with Crippen molar-refractivity contribution in [2.24, 2.45) is 5.92 Å². The molecule has 1 rings (SSSR count). The third-order valence-electron chi connectivity index (χ3n) is 2.66. The van der Waals surface area contributed by atoms with Crippen LogP contribution in [-0.2, 0) is 4.79 Å². The van der Waals surface area contributed by atoms with E-state index in [-0.39, 0.29) is 17.4 Å². The average molecular weight is 300 g/mol. The van der Waals surface area contributed by atoms with Crippen LogP contribution in [0.2, 0.25) is 0 Å². The minimum absolute atomic E-state index is 0.114. The number of carbonyl (C=O) groups excluding carboxylic acids is 1. The molecule has 0 aliphatic rings. The molecule has 0 saturated carbocycles. The highest BCUT2D eigenvalue weighted by Gasteiger charge is 2.20. The summed E-state index contributed by atoms with van der Waals surface area (Å²) >= 11 is 3.25. The minimum atomic E-state index is -0.333. The van der Waals surface area contributed by atoms with E-state index >= 15 is 0 Å². The van der Waals surface area contributed by atoms with Gasteiger partial charge >= 0.3 is 0 Å². The highest BCUT2D eigenvalue weighted by Crippen LogP contribution is 2.19. The van der Waals surface area contributed by atoms with Crippen molar-refractivity contribution in [3.8, 4) is 0 Å². The van der Waals surface area contributed by atoms with E-state index < -0.39 is 0 Å². The highest BCUT2D eigenvalue weighted by atomic mass is 79.9. The molecule has 0 bridgehead atoms. The van der Waals surface area contributed by atoms with Crippen LogP contribution in [0.1, 0.15) is 39.7 Å². The lowest BCUT2D eigenvalue weighted by Gasteiger charge is -2.20. The number of pyridine rings is 1. The number of Topliss-reactive ketones (excluding diaryl/α,β-unsaturated/α-hetero) is 1. The summed E-state index contributed by atoms with van der Waals surface area (Å²) in [6.45, 7) is 5.94. The van der Waals surface area contributed by atoms with Crippen LogP contribution in [0.5, 0.6) is 0 Å². The lowest BCUT2D eigenvalue weighted by molar-refractivity contribution is -0.122. The first-order valence-electron chi connectivity index (χ1n) is 5.86. The van der Waals surface area contributed by atoms with Crippen LogP contribution >= 0.6 is 15.9 Å². The van der Waals surface area contributed by atoms with Gasteiger partial charge in [0.1, 0.15) is 0 Å². The largest absolute Gasteiger partial charge is 0.305 e. The number of nitrogens with zero attached hydrogens (tertiary/aromatic N) is 1. The molecule has 1 aromatic heterocycles. The van der Waals surface area contributed by atoms with Gasteiger partial charge in [-0.15, -0.1) is 0 Å². The molecule has 94 valence electrons. The molecule has 0 aromatic carbocycles. The summed E-state index contributed by atoms with van der Waals surface area (Å²) in [5.41, 5.74) is -0.133. The number of aromatic nitrogens is 1. The third kappa shape index (κ3) is 3.80. The van der Waals surface area contributed by atoms with Gasteiger partial charge in [-0.3, -0.25) is 9.59 Å². The van der Waals surface area contributed by atoms with Gasteiger partial charge in [0.2, 0.25) is 0 Å². The molecule has 1 heterocycles. The van der Waals surface area contributed by atoms with Crippen LogP contribution in [0.15, 0.2) is 27.6 Å². The lowest BCUT2D eigenvalue weighted by atomic mass is 9.98. The Labute approximate surface area is 110 Å². The molecule has 0 N–H and O–H groups in total. The Morgan fingerprint density at radius 3 is 2.59 bits per heavy atom. The van der Waals surface area contributed by atoms with Gasteiger partial charge in [0.25, 0.3) is 5.56 Å². The zero-order valence-corrected chi connectivity index (χ0v) is 12.0. The monoisotopic (exact) mass is 299 g/mol. The smallest absolute Gasteiger partial charge is 0.252 e. The van der Waals surface area contributed by atoms with Crippen molar-refractivity contribution >= 4 is 21.7 Å². The molecule has 0 saturated heterocycles. The van der Waals surface area contributed by atoms with E-state index in [0.29, 0.717) is 18.8 Å². The van der Waals surface area contributed by atoms with E-state index in [1.807, 2.05) is 6.92 Å². The summed E-state index contributed by atoms with van der Waals surface area (Å²) in [5.74, 6) is 0.495. The van der Waals surface area contributed by atoms with Gasteiger partial charge in [-0.1, -0.05) is 36.7 Å². The number of hydrogen-bond acceptors (Lipinski definition) is 2. The second kappa shape index (κ2) is 6.15. The molecule has 1 atom stereocenters. The Kier molecular flexibility index (Phi) is 5.12. The Balaban J connectivity index is 3.12. The third-order valence-corrected chi connectivity index (χ3v) is 3.15. The van der Waals surface area contributed by atoms with Gasteiger partial charge in [-0.25, -0.2) is 0 Å². The molecule has 17 heavy (non-hydrogen) atoms. The summed E-state index contributed by atoms with van der Waals surface area (Å²) in [4.78, 5) is 23.8. The first-order valence-corrected chi connectivity index (χ1v) is 6.65. The van der Waals surface area contributed by atoms with E-state index in [1.165, 1.54) is 10.6 Å². The van der Waals surface area contributed by atoms with Gasteiger partial charge in [-0.05, 0) is 18.4 Å². The summed E-state index contributed by atoms with van der Waals surface area (Å²) in [6.07, 6.45) is 2.85. The molecule has 4 heteroatoms. The van der Waals surface area contributed by atoms with Crippen molar-refractivity contribution in [1.29, 1.82) is 0 Å². The second-order valence-corrected chi connectivity index (χ2v) is 5.47. The van der Waals surface area contributed by atoms with Crippen LogP contribution in [0, 0.1) is 5.92 Å². The van der Waals surface area contributed by atoms with Crippen LogP contribution in [0.3, 0.4) is 0 Å². The first-order chi connectivity index (χ1) is 7.95. The van der Waals surface area contributed by atoms with Crippen molar-refractivity contribution in [3.05, 3.63) is 33.2 Å². The van der Waals surface area contributed by atoms with Crippen molar-refractivity contribution in [2.45, 2.75) is 39.7 Å². The molecule has 0 spiro atoms. The fourth-order valence-corrected chi connectivity index (χ4v) is 2.12. The van der Waals surface area contributed by atoms with Crippen molar-refractivity contribution in [3.63, 3.8) is 0 Å². The zero-order valence-electron chi connectivity index (χ0n) is 10.4. The van der Waals surface area contributed by atoms with E-state index in [2.05, 4.69) is 29.8 Å². The Morgan fingerprint density at radius 2 is 2.12 bits per heavy atom. The highest BCUT2D eigenvalue weighted by molar-refractivity contribution is 9.10. The fourth-order valence-electron chi connectivity index (χ4n) is 1.81. The molecule has 0 fully saturated rings. The molecule has 1 unspecified atom stereocenters. The molecular weight excluding hydrogens is 282 g/mol. The van der Waals surface area contributed by atoms with Crippen LogP contribution in [0.25, 0.3) is 0 Å². The summed E-state index contributed by atoms with van der Waals surface area (Å²) in [7, 11) is 0. The number of hydrogen-bond donors (Lipinski definition) is 0. The number of rotatable bonds is 5. The normalized spacial score (nSPS) is 12.8. The van der Waals surface area contributed by atoms with Crippen molar-refractivity contribution in [1.82, 2.24) is 4.57 Å². The first kappa shape index (κ1) is 14.2. The fraction of sp³-hybridized carbons (Fsp3) is 0.538. The summed E-state index contributed by atoms with van der Waals surface area (Å²) in [5, 5.41) is 0. The Morgan fingerprint density at radius 1 is 1.47 bits per heavy atom. The topological polar surface area (TPSA) is 39.1 Å². The number of ketones is 1. The average Bonchev–Trinajstić information content (AvgIpc) is 2.25. The van der Waals surface area contributed by atoms with E-state index in [9.17, 15) is 9.59 Å². The van der Waals surface area contributed by atoms with E-state index in [4.69, 9.17) is 0 Å². The molecule has 0 radical (unpaired) electrons. The number of halogens is 1. The van der Waals surface area contributed by atoms with Crippen molar-refractivity contribution < 1.29 is 4.79 Å². The van der Waals surface area contributed by atoms with E-state index in [1.54, 1.807) is 12.3 Å². The Hall–Kier alpha value is -0.900. The van der Waals surface area contributed by atoms with Crippen LogP contribution in [-0.4, -0.2) is 10.4 Å². The van der Waals surface area contributed by atoms with Crippen LogP contribution in [0.4, 0.5) is 0 Å². The predicted octanol–water partition coefficient (Wildman–Crippen LogP) is 3.18. The van der Waals surface area contributed by atoms with Gasteiger partial charge in [0.15, 0.2) is 5.78 Å².